The number of carbonyl (C=O) groups is 1. The van der Waals surface area contributed by atoms with Crippen LogP contribution in [0.2, 0.25) is 0 Å². The molecule has 0 spiro atoms. The topological polar surface area (TPSA) is 80.9 Å². The highest BCUT2D eigenvalue weighted by Gasteiger charge is 2.66. The monoisotopic (exact) mass is 276 g/mol. The molecule has 1 heterocycles. The van der Waals surface area contributed by atoms with E-state index in [4.69, 9.17) is 5.11 Å². The first-order valence-electron chi connectivity index (χ1n) is 7.63. The van der Waals surface area contributed by atoms with Gasteiger partial charge >= 0.3 is 5.97 Å². The van der Waals surface area contributed by atoms with E-state index in [9.17, 15) is 4.79 Å². The van der Waals surface area contributed by atoms with Crippen LogP contribution in [0, 0.1) is 29.6 Å². The van der Waals surface area contributed by atoms with Crippen LogP contribution in [0.5, 0.6) is 0 Å². The molecule has 6 heteroatoms. The summed E-state index contributed by atoms with van der Waals surface area (Å²) in [5, 5.41) is 21.0. The fraction of sp³-hybridized carbons (Fsp3) is 0.857. The summed E-state index contributed by atoms with van der Waals surface area (Å²) in [6.07, 6.45) is 4.36. The summed E-state index contributed by atoms with van der Waals surface area (Å²) in [5.41, 5.74) is 0. The third-order valence-electron chi connectivity index (χ3n) is 5.60. The van der Waals surface area contributed by atoms with Crippen LogP contribution in [-0.2, 0) is 11.3 Å². The molecular formula is C14H20N4O2. The molecule has 2 bridgehead atoms. The number of carboxylic acid groups (broad SMARTS) is 1. The van der Waals surface area contributed by atoms with E-state index in [0.717, 1.165) is 29.5 Å². The average molecular weight is 276 g/mol. The van der Waals surface area contributed by atoms with Crippen molar-refractivity contribution in [2.45, 2.75) is 45.1 Å². The van der Waals surface area contributed by atoms with E-state index in [-0.39, 0.29) is 12.3 Å². The number of tetrazole rings is 1. The Morgan fingerprint density at radius 1 is 1.40 bits per heavy atom. The third-order valence-corrected chi connectivity index (χ3v) is 5.60. The van der Waals surface area contributed by atoms with Crippen LogP contribution in [0.3, 0.4) is 0 Å². The van der Waals surface area contributed by atoms with Crippen molar-refractivity contribution in [2.75, 3.05) is 0 Å². The summed E-state index contributed by atoms with van der Waals surface area (Å²) in [7, 11) is 0. The molecule has 0 aliphatic heterocycles. The molecule has 5 atom stereocenters. The van der Waals surface area contributed by atoms with Gasteiger partial charge in [0.15, 0.2) is 5.82 Å². The molecular weight excluding hydrogens is 256 g/mol. The van der Waals surface area contributed by atoms with Gasteiger partial charge in [0.25, 0.3) is 0 Å². The Morgan fingerprint density at radius 3 is 2.75 bits per heavy atom. The first-order chi connectivity index (χ1) is 9.65. The quantitative estimate of drug-likeness (QED) is 0.882. The minimum atomic E-state index is -0.756. The van der Waals surface area contributed by atoms with Gasteiger partial charge in [0.05, 0.1) is 0 Å². The summed E-state index contributed by atoms with van der Waals surface area (Å²) < 4.78 is 1.86. The highest BCUT2D eigenvalue weighted by atomic mass is 16.4. The van der Waals surface area contributed by atoms with E-state index < -0.39 is 5.97 Å². The molecule has 1 aromatic rings. The number of rotatable bonds is 5. The van der Waals surface area contributed by atoms with E-state index in [1.54, 1.807) is 0 Å². The highest BCUT2D eigenvalue weighted by molar-refractivity contribution is 5.66. The Balaban J connectivity index is 1.48. The first-order valence-corrected chi connectivity index (χ1v) is 7.63. The molecule has 6 nitrogen and oxygen atoms in total. The van der Waals surface area contributed by atoms with Crippen molar-refractivity contribution in [3.8, 4) is 0 Å². The SMILES string of the molecule is CC(CC(=O)O)Cn1nnnc1C1C2C3CCC(C3)C12. The van der Waals surface area contributed by atoms with Crippen molar-refractivity contribution in [3.05, 3.63) is 5.82 Å². The summed E-state index contributed by atoms with van der Waals surface area (Å²) in [4.78, 5) is 10.8. The molecule has 0 saturated heterocycles. The number of aliphatic carboxylic acids is 1. The Labute approximate surface area is 117 Å². The molecule has 3 fully saturated rings. The normalized spacial score (nSPS) is 38.8. The van der Waals surface area contributed by atoms with Crippen LogP contribution in [0.1, 0.15) is 44.3 Å². The molecule has 4 rings (SSSR count). The maximum atomic E-state index is 10.8. The summed E-state index contributed by atoms with van der Waals surface area (Å²) in [5.74, 6) is 4.29. The van der Waals surface area contributed by atoms with Crippen molar-refractivity contribution in [1.82, 2.24) is 20.2 Å². The van der Waals surface area contributed by atoms with Crippen LogP contribution < -0.4 is 0 Å². The molecule has 20 heavy (non-hydrogen) atoms. The summed E-state index contributed by atoms with van der Waals surface area (Å²) in [6.45, 7) is 2.55. The molecule has 3 aliphatic carbocycles. The van der Waals surface area contributed by atoms with E-state index in [1.807, 2.05) is 11.6 Å². The van der Waals surface area contributed by atoms with E-state index in [2.05, 4.69) is 15.5 Å². The molecule has 108 valence electrons. The van der Waals surface area contributed by atoms with E-state index >= 15 is 0 Å². The standard InChI is InChI=1S/C14H20N4O2/c1-7(4-10(19)20)6-18-14(15-16-17-18)13-11-8-2-3-9(5-8)12(11)13/h7-9,11-13H,2-6H2,1H3,(H,19,20). The second-order valence-corrected chi connectivity index (χ2v) is 6.94. The lowest BCUT2D eigenvalue weighted by Gasteiger charge is -2.12. The number of hydrogen-bond donors (Lipinski definition) is 1. The highest BCUT2D eigenvalue weighted by Crippen LogP contribution is 2.72. The predicted molar refractivity (Wildman–Crippen MR) is 69.8 cm³/mol. The average Bonchev–Trinajstić information content (AvgIpc) is 2.78. The second kappa shape index (κ2) is 4.27. The number of carboxylic acids is 1. The van der Waals surface area contributed by atoms with Gasteiger partial charge in [-0.3, -0.25) is 4.79 Å². The van der Waals surface area contributed by atoms with Gasteiger partial charge < -0.3 is 5.11 Å². The Morgan fingerprint density at radius 2 is 2.10 bits per heavy atom. The lowest BCUT2D eigenvalue weighted by atomic mass is 10.0. The first kappa shape index (κ1) is 12.3. The van der Waals surface area contributed by atoms with Gasteiger partial charge in [0.2, 0.25) is 0 Å². The molecule has 1 aromatic heterocycles. The molecule has 0 amide bonds. The number of fused-ring (bicyclic) bond motifs is 5. The smallest absolute Gasteiger partial charge is 0.303 e. The maximum absolute atomic E-state index is 10.8. The Kier molecular flexibility index (Phi) is 2.62. The molecule has 3 aliphatic rings. The van der Waals surface area contributed by atoms with Crippen LogP contribution >= 0.6 is 0 Å². The van der Waals surface area contributed by atoms with Gasteiger partial charge in [-0.25, -0.2) is 4.68 Å². The fourth-order valence-corrected chi connectivity index (χ4v) is 4.91. The third kappa shape index (κ3) is 1.77. The molecule has 3 saturated carbocycles. The molecule has 0 aromatic carbocycles. The van der Waals surface area contributed by atoms with Crippen LogP contribution in [0.25, 0.3) is 0 Å². The summed E-state index contributed by atoms with van der Waals surface area (Å²) >= 11 is 0. The minimum absolute atomic E-state index is 0.0602. The maximum Gasteiger partial charge on any atom is 0.303 e. The van der Waals surface area contributed by atoms with Crippen LogP contribution in [0.4, 0.5) is 0 Å². The number of aromatic nitrogens is 4. The second-order valence-electron chi connectivity index (χ2n) is 6.94. The zero-order chi connectivity index (χ0) is 13.9. The Bertz CT molecular complexity index is 527. The van der Waals surface area contributed by atoms with Crippen molar-refractivity contribution >= 4 is 5.97 Å². The molecule has 5 unspecified atom stereocenters. The van der Waals surface area contributed by atoms with Gasteiger partial charge in [-0.1, -0.05) is 6.92 Å². The van der Waals surface area contributed by atoms with Crippen molar-refractivity contribution in [3.63, 3.8) is 0 Å². The van der Waals surface area contributed by atoms with Crippen LogP contribution in [-0.4, -0.2) is 31.3 Å². The van der Waals surface area contributed by atoms with Crippen molar-refractivity contribution in [1.29, 1.82) is 0 Å². The predicted octanol–water partition coefficient (Wildman–Crippen LogP) is 1.54. The van der Waals surface area contributed by atoms with E-state index in [1.165, 1.54) is 19.3 Å². The minimum Gasteiger partial charge on any atom is -0.481 e. The summed E-state index contributed by atoms with van der Waals surface area (Å²) in [6, 6.07) is 0. The molecule has 1 N–H and O–H groups in total. The Hall–Kier alpha value is -1.46. The largest absolute Gasteiger partial charge is 0.481 e. The van der Waals surface area contributed by atoms with Gasteiger partial charge in [0.1, 0.15) is 0 Å². The van der Waals surface area contributed by atoms with Crippen LogP contribution in [0.15, 0.2) is 0 Å². The zero-order valence-corrected chi connectivity index (χ0v) is 11.6. The lowest BCUT2D eigenvalue weighted by molar-refractivity contribution is -0.138. The van der Waals surface area contributed by atoms with Gasteiger partial charge in [-0.2, -0.15) is 0 Å². The van der Waals surface area contributed by atoms with Gasteiger partial charge in [-0.05, 0) is 59.3 Å². The number of hydrogen-bond acceptors (Lipinski definition) is 4. The fourth-order valence-electron chi connectivity index (χ4n) is 4.91. The van der Waals surface area contributed by atoms with E-state index in [0.29, 0.717) is 12.5 Å². The lowest BCUT2D eigenvalue weighted by Crippen LogP contribution is -2.16. The zero-order valence-electron chi connectivity index (χ0n) is 11.6. The van der Waals surface area contributed by atoms with Crippen molar-refractivity contribution in [2.24, 2.45) is 29.6 Å². The van der Waals surface area contributed by atoms with Gasteiger partial charge in [0, 0.05) is 18.9 Å². The van der Waals surface area contributed by atoms with Crippen molar-refractivity contribution < 1.29 is 9.90 Å². The van der Waals surface area contributed by atoms with Gasteiger partial charge in [-0.15, -0.1) is 5.10 Å². The molecule has 0 radical (unpaired) electrons. The number of nitrogens with zero attached hydrogens (tertiary/aromatic N) is 4.